The van der Waals surface area contributed by atoms with Gasteiger partial charge >= 0.3 is 6.18 Å². The van der Waals surface area contributed by atoms with Gasteiger partial charge in [0.1, 0.15) is 5.00 Å². The molecule has 0 radical (unpaired) electrons. The van der Waals surface area contributed by atoms with Gasteiger partial charge in [0.05, 0.1) is 16.4 Å². The molecule has 3 rings (SSSR count). The van der Waals surface area contributed by atoms with Crippen LogP contribution in [0.3, 0.4) is 0 Å². The highest BCUT2D eigenvalue weighted by Crippen LogP contribution is 2.31. The molecule has 3 heterocycles. The van der Waals surface area contributed by atoms with Crippen molar-refractivity contribution in [2.75, 3.05) is 5.32 Å². The Morgan fingerprint density at radius 3 is 2.70 bits per heavy atom. The van der Waals surface area contributed by atoms with Crippen LogP contribution in [0.15, 0.2) is 34.9 Å². The van der Waals surface area contributed by atoms with Crippen molar-refractivity contribution in [3.8, 4) is 0 Å². The molecule has 0 aliphatic carbocycles. The van der Waals surface area contributed by atoms with E-state index in [2.05, 4.69) is 15.5 Å². The molecule has 27 heavy (non-hydrogen) atoms. The Morgan fingerprint density at radius 1 is 1.30 bits per heavy atom. The Morgan fingerprint density at radius 2 is 2.04 bits per heavy atom. The number of pyridine rings is 1. The molecule has 1 unspecified atom stereocenters. The number of aromatic nitrogens is 3. The third-order valence-corrected chi connectivity index (χ3v) is 5.40. The highest BCUT2D eigenvalue weighted by Gasteiger charge is 2.31. The van der Waals surface area contributed by atoms with Gasteiger partial charge in [-0.1, -0.05) is 11.8 Å². The molecule has 3 aromatic heterocycles. The Balaban J connectivity index is 1.79. The first kappa shape index (κ1) is 19.2. The molecular weight excluding hydrogens is 403 g/mol. The molecule has 0 aliphatic rings. The van der Waals surface area contributed by atoms with Gasteiger partial charge in [0.25, 0.3) is 5.91 Å². The van der Waals surface area contributed by atoms with E-state index < -0.39 is 28.8 Å². The average Bonchev–Trinajstić information content (AvgIpc) is 3.20. The molecule has 3 aromatic rings. The zero-order valence-electron chi connectivity index (χ0n) is 13.6. The minimum Gasteiger partial charge on any atom is -0.366 e. The maximum absolute atomic E-state index is 12.9. The summed E-state index contributed by atoms with van der Waals surface area (Å²) in [5, 5.41) is 11.6. The molecule has 0 bridgehead atoms. The number of fused-ring (bicyclic) bond motifs is 1. The first-order valence-electron chi connectivity index (χ1n) is 7.43. The molecule has 0 saturated carbocycles. The fourth-order valence-electron chi connectivity index (χ4n) is 2.14. The van der Waals surface area contributed by atoms with Crippen LogP contribution in [-0.4, -0.2) is 31.7 Å². The van der Waals surface area contributed by atoms with Crippen molar-refractivity contribution >= 4 is 45.6 Å². The van der Waals surface area contributed by atoms with E-state index in [-0.39, 0.29) is 16.4 Å². The molecule has 0 spiro atoms. The third kappa shape index (κ3) is 4.06. The molecule has 142 valence electrons. The number of carbonyl (C=O) groups excluding carboxylic acids is 2. The second-order valence-electron chi connectivity index (χ2n) is 5.40. The zero-order valence-corrected chi connectivity index (χ0v) is 15.3. The van der Waals surface area contributed by atoms with Gasteiger partial charge in [0.2, 0.25) is 5.91 Å². The predicted octanol–water partition coefficient (Wildman–Crippen LogP) is 3.03. The van der Waals surface area contributed by atoms with E-state index >= 15 is 0 Å². The number of hydrogen-bond donors (Lipinski definition) is 2. The molecule has 12 heteroatoms. The smallest absolute Gasteiger partial charge is 0.366 e. The number of primary amides is 1. The minimum absolute atomic E-state index is 0.139. The predicted molar refractivity (Wildman–Crippen MR) is 94.8 cm³/mol. The molecule has 0 aliphatic heterocycles. The number of rotatable bonds is 5. The number of alkyl halides is 3. The molecule has 2 amide bonds. The van der Waals surface area contributed by atoms with Gasteiger partial charge in [-0.25, -0.2) is 0 Å². The van der Waals surface area contributed by atoms with E-state index in [1.807, 2.05) is 0 Å². The highest BCUT2D eigenvalue weighted by molar-refractivity contribution is 8.00. The highest BCUT2D eigenvalue weighted by atomic mass is 32.2. The van der Waals surface area contributed by atoms with Gasteiger partial charge in [-0.15, -0.1) is 21.5 Å². The molecular formula is C15H12F3N5O2S2. The van der Waals surface area contributed by atoms with E-state index in [1.54, 1.807) is 12.3 Å². The van der Waals surface area contributed by atoms with Crippen molar-refractivity contribution < 1.29 is 22.8 Å². The first-order valence-corrected chi connectivity index (χ1v) is 9.19. The maximum atomic E-state index is 12.9. The summed E-state index contributed by atoms with van der Waals surface area (Å²) in [7, 11) is 0. The number of nitrogens with two attached hydrogens (primary N) is 1. The summed E-state index contributed by atoms with van der Waals surface area (Å²) in [5.41, 5.74) is 4.80. The summed E-state index contributed by atoms with van der Waals surface area (Å²) in [6, 6.07) is 3.61. The monoisotopic (exact) mass is 415 g/mol. The number of carbonyl (C=O) groups is 2. The van der Waals surface area contributed by atoms with Crippen molar-refractivity contribution in [2.24, 2.45) is 5.73 Å². The van der Waals surface area contributed by atoms with Crippen LogP contribution in [0.2, 0.25) is 0 Å². The van der Waals surface area contributed by atoms with Crippen LogP contribution >= 0.6 is 23.1 Å². The summed E-state index contributed by atoms with van der Waals surface area (Å²) in [4.78, 5) is 23.7. The van der Waals surface area contributed by atoms with Crippen LogP contribution in [-0.2, 0) is 11.0 Å². The number of amides is 2. The van der Waals surface area contributed by atoms with Crippen LogP contribution in [0.5, 0.6) is 0 Å². The van der Waals surface area contributed by atoms with E-state index in [9.17, 15) is 22.8 Å². The zero-order chi connectivity index (χ0) is 19.8. The lowest BCUT2D eigenvalue weighted by molar-refractivity contribution is -0.137. The van der Waals surface area contributed by atoms with Gasteiger partial charge < -0.3 is 11.1 Å². The van der Waals surface area contributed by atoms with Gasteiger partial charge in [0, 0.05) is 6.20 Å². The lowest BCUT2D eigenvalue weighted by Gasteiger charge is -2.11. The molecule has 0 fully saturated rings. The number of thiophene rings is 1. The SMILES string of the molecule is CC(Sc1nnc2ccc(C(F)(F)F)cn12)C(=O)Nc1sccc1C(N)=O. The lowest BCUT2D eigenvalue weighted by Crippen LogP contribution is -2.24. The Labute approximate surface area is 158 Å². The van der Waals surface area contributed by atoms with Gasteiger partial charge in [-0.05, 0) is 30.5 Å². The minimum atomic E-state index is -4.51. The van der Waals surface area contributed by atoms with E-state index in [0.717, 1.165) is 35.4 Å². The van der Waals surface area contributed by atoms with Gasteiger partial charge in [-0.3, -0.25) is 14.0 Å². The summed E-state index contributed by atoms with van der Waals surface area (Å²) >= 11 is 2.08. The summed E-state index contributed by atoms with van der Waals surface area (Å²) < 4.78 is 39.9. The molecule has 1 atom stereocenters. The largest absolute Gasteiger partial charge is 0.417 e. The van der Waals surface area contributed by atoms with Gasteiger partial charge in [-0.2, -0.15) is 13.2 Å². The topological polar surface area (TPSA) is 102 Å². The quantitative estimate of drug-likeness (QED) is 0.624. The summed E-state index contributed by atoms with van der Waals surface area (Å²) in [6.45, 7) is 1.56. The number of anilines is 1. The molecule has 7 nitrogen and oxygen atoms in total. The number of halogens is 3. The van der Waals surface area contributed by atoms with Crippen molar-refractivity contribution in [3.05, 3.63) is 40.9 Å². The van der Waals surface area contributed by atoms with E-state index in [0.29, 0.717) is 5.00 Å². The van der Waals surface area contributed by atoms with E-state index in [1.165, 1.54) is 16.5 Å². The molecule has 3 N–H and O–H groups in total. The maximum Gasteiger partial charge on any atom is 0.417 e. The standard InChI is InChI=1S/C15H12F3N5O2S2/c1-7(12(25)20-13-9(11(19)24)4-5-26-13)27-14-22-21-10-3-2-8(6-23(10)14)15(16,17)18/h2-7H,1H3,(H2,19,24)(H,20,25). The lowest BCUT2D eigenvalue weighted by atomic mass is 10.3. The Kier molecular flexibility index (Phi) is 5.11. The summed E-state index contributed by atoms with van der Waals surface area (Å²) in [5.74, 6) is -1.12. The van der Waals surface area contributed by atoms with Crippen molar-refractivity contribution in [1.29, 1.82) is 0 Å². The van der Waals surface area contributed by atoms with E-state index in [4.69, 9.17) is 5.73 Å². The second kappa shape index (κ2) is 7.19. The third-order valence-electron chi connectivity index (χ3n) is 3.52. The summed E-state index contributed by atoms with van der Waals surface area (Å²) in [6.07, 6.45) is -3.62. The van der Waals surface area contributed by atoms with Crippen LogP contribution in [0.1, 0.15) is 22.8 Å². The van der Waals surface area contributed by atoms with Crippen molar-refractivity contribution in [3.63, 3.8) is 0 Å². The second-order valence-corrected chi connectivity index (χ2v) is 7.63. The molecule has 0 saturated heterocycles. The van der Waals surface area contributed by atoms with Crippen LogP contribution in [0.25, 0.3) is 5.65 Å². The number of hydrogen-bond acceptors (Lipinski definition) is 6. The first-order chi connectivity index (χ1) is 12.7. The van der Waals surface area contributed by atoms with Crippen LogP contribution in [0, 0.1) is 0 Å². The van der Waals surface area contributed by atoms with Gasteiger partial charge in [0.15, 0.2) is 10.8 Å². The Bertz CT molecular complexity index is 1010. The van der Waals surface area contributed by atoms with Crippen LogP contribution < -0.4 is 11.1 Å². The van der Waals surface area contributed by atoms with Crippen LogP contribution in [0.4, 0.5) is 18.2 Å². The average molecular weight is 415 g/mol. The van der Waals surface area contributed by atoms with Crippen molar-refractivity contribution in [1.82, 2.24) is 14.6 Å². The number of nitrogens with one attached hydrogen (secondary N) is 1. The van der Waals surface area contributed by atoms with Crippen molar-refractivity contribution in [2.45, 2.75) is 23.5 Å². The number of nitrogens with zero attached hydrogens (tertiary/aromatic N) is 3. The molecule has 0 aromatic carbocycles. The Hall–Kier alpha value is -2.60. The fourth-order valence-corrected chi connectivity index (χ4v) is 3.77. The normalized spacial score (nSPS) is 12.9. The number of thioether (sulfide) groups is 1. The fraction of sp³-hybridized carbons (Fsp3) is 0.200.